The van der Waals surface area contributed by atoms with Gasteiger partial charge in [-0.1, -0.05) is 11.2 Å². The number of aryl methyl sites for hydroxylation is 3. The molecule has 0 radical (unpaired) electrons. The van der Waals surface area contributed by atoms with E-state index in [1.807, 2.05) is 60.0 Å². The lowest BCUT2D eigenvalue weighted by atomic mass is 9.97. The number of benzene rings is 1. The minimum absolute atomic E-state index is 0.0586. The predicted molar refractivity (Wildman–Crippen MR) is 107 cm³/mol. The largest absolute Gasteiger partial charge is 0.348 e. The lowest BCUT2D eigenvalue weighted by Gasteiger charge is -2.30. The van der Waals surface area contributed by atoms with Gasteiger partial charge in [0.25, 0.3) is 0 Å². The zero-order chi connectivity index (χ0) is 19.7. The van der Waals surface area contributed by atoms with E-state index in [0.717, 1.165) is 24.2 Å². The molecular weight excluding hydrogens is 354 g/mol. The minimum Gasteiger partial charge on any atom is -0.348 e. The number of likely N-dealkylation sites (tertiary alicyclic amines) is 1. The normalized spacial score (nSPS) is 15.0. The van der Waals surface area contributed by atoms with Crippen LogP contribution >= 0.6 is 0 Å². The fraction of sp³-hybridized carbons (Fsp3) is 0.381. The van der Waals surface area contributed by atoms with Gasteiger partial charge in [-0.3, -0.25) is 0 Å². The Labute approximate surface area is 164 Å². The van der Waals surface area contributed by atoms with E-state index in [1.54, 1.807) is 0 Å². The van der Waals surface area contributed by atoms with E-state index in [0.29, 0.717) is 24.8 Å². The molecule has 1 aromatic carbocycles. The number of anilines is 1. The Morgan fingerprint density at radius 3 is 2.64 bits per heavy atom. The molecule has 2 amide bonds. The number of hydrogen-bond acceptors (Lipinski definition) is 4. The molecule has 1 fully saturated rings. The van der Waals surface area contributed by atoms with Gasteiger partial charge < -0.3 is 19.3 Å². The van der Waals surface area contributed by atoms with Gasteiger partial charge in [-0.2, -0.15) is 4.98 Å². The second-order valence-electron chi connectivity index (χ2n) is 7.45. The Morgan fingerprint density at radius 1 is 1.18 bits per heavy atom. The maximum Gasteiger partial charge on any atom is 0.321 e. The fourth-order valence-electron chi connectivity index (χ4n) is 3.55. The summed E-state index contributed by atoms with van der Waals surface area (Å²) in [6, 6.07) is 9.83. The van der Waals surface area contributed by atoms with Gasteiger partial charge in [-0.25, -0.2) is 4.79 Å². The number of hydrogen-bond donors (Lipinski definition) is 1. The number of carbonyl (C=O) groups excluding carboxylic acids is 1. The standard InChI is InChI=1S/C21H25N5O2/c1-14-6-7-17(13-15(14)2)22-21(27)26-11-8-16(9-12-26)20-23-19(24-28-20)18-5-4-10-25(18)3/h4-7,10,13,16H,8-9,11-12H2,1-3H3,(H,22,27). The van der Waals surface area contributed by atoms with Crippen LogP contribution in [0, 0.1) is 13.8 Å². The first kappa shape index (κ1) is 18.3. The Balaban J connectivity index is 1.35. The second-order valence-corrected chi connectivity index (χ2v) is 7.45. The molecular formula is C21H25N5O2. The third kappa shape index (κ3) is 3.65. The summed E-state index contributed by atoms with van der Waals surface area (Å²) in [7, 11) is 1.96. The van der Waals surface area contributed by atoms with Crippen LogP contribution in [0.3, 0.4) is 0 Å². The van der Waals surface area contributed by atoms with E-state index >= 15 is 0 Å². The summed E-state index contributed by atoms with van der Waals surface area (Å²) in [5.74, 6) is 1.45. The average Bonchev–Trinajstić information content (AvgIpc) is 3.33. The van der Waals surface area contributed by atoms with Crippen LogP contribution in [0.25, 0.3) is 11.5 Å². The van der Waals surface area contributed by atoms with Crippen molar-refractivity contribution in [2.75, 3.05) is 18.4 Å². The number of urea groups is 1. The summed E-state index contributed by atoms with van der Waals surface area (Å²) < 4.78 is 7.47. The first-order valence-electron chi connectivity index (χ1n) is 9.60. The van der Waals surface area contributed by atoms with Crippen molar-refractivity contribution >= 4 is 11.7 Å². The van der Waals surface area contributed by atoms with Crippen LogP contribution < -0.4 is 5.32 Å². The first-order valence-corrected chi connectivity index (χ1v) is 9.60. The van der Waals surface area contributed by atoms with E-state index in [4.69, 9.17) is 4.52 Å². The Bertz CT molecular complexity index is 982. The summed E-state index contributed by atoms with van der Waals surface area (Å²) in [4.78, 5) is 19.0. The molecule has 7 nitrogen and oxygen atoms in total. The zero-order valence-electron chi connectivity index (χ0n) is 16.5. The molecule has 0 spiro atoms. The van der Waals surface area contributed by atoms with E-state index in [2.05, 4.69) is 22.4 Å². The van der Waals surface area contributed by atoms with Crippen molar-refractivity contribution in [3.63, 3.8) is 0 Å². The van der Waals surface area contributed by atoms with Crippen LogP contribution in [0.2, 0.25) is 0 Å². The van der Waals surface area contributed by atoms with Gasteiger partial charge in [0.15, 0.2) is 0 Å². The highest BCUT2D eigenvalue weighted by atomic mass is 16.5. The monoisotopic (exact) mass is 379 g/mol. The minimum atomic E-state index is -0.0586. The third-order valence-corrected chi connectivity index (χ3v) is 5.50. The highest BCUT2D eigenvalue weighted by Gasteiger charge is 2.28. The molecule has 0 aliphatic carbocycles. The van der Waals surface area contributed by atoms with Gasteiger partial charge >= 0.3 is 6.03 Å². The molecule has 0 atom stereocenters. The molecule has 1 saturated heterocycles. The van der Waals surface area contributed by atoms with E-state index in [9.17, 15) is 4.79 Å². The number of nitrogens with zero attached hydrogens (tertiary/aromatic N) is 4. The smallest absolute Gasteiger partial charge is 0.321 e. The Hall–Kier alpha value is -3.09. The molecule has 3 aromatic rings. The van der Waals surface area contributed by atoms with Crippen LogP contribution in [-0.2, 0) is 7.05 Å². The van der Waals surface area contributed by atoms with Crippen LogP contribution in [-0.4, -0.2) is 38.7 Å². The molecule has 7 heteroatoms. The summed E-state index contributed by atoms with van der Waals surface area (Å²) in [6.45, 7) is 5.45. The lowest BCUT2D eigenvalue weighted by molar-refractivity contribution is 0.187. The van der Waals surface area contributed by atoms with E-state index in [-0.39, 0.29) is 11.9 Å². The summed E-state index contributed by atoms with van der Waals surface area (Å²) in [5, 5.41) is 7.12. The SMILES string of the molecule is Cc1ccc(NC(=O)N2CCC(c3nc(-c4cccn4C)no3)CC2)cc1C. The predicted octanol–water partition coefficient (Wildman–Crippen LogP) is 4.10. The molecule has 146 valence electrons. The maximum atomic E-state index is 12.6. The highest BCUT2D eigenvalue weighted by molar-refractivity contribution is 5.89. The second kappa shape index (κ2) is 7.50. The number of piperidine rings is 1. The Morgan fingerprint density at radius 2 is 1.96 bits per heavy atom. The summed E-state index contributed by atoms with van der Waals surface area (Å²) in [6.07, 6.45) is 3.59. The van der Waals surface area contributed by atoms with Gasteiger partial charge in [-0.15, -0.1) is 0 Å². The van der Waals surface area contributed by atoms with Crippen molar-refractivity contribution in [1.82, 2.24) is 19.6 Å². The molecule has 28 heavy (non-hydrogen) atoms. The van der Waals surface area contributed by atoms with Crippen molar-refractivity contribution in [3.8, 4) is 11.5 Å². The zero-order valence-corrected chi connectivity index (χ0v) is 16.5. The Kier molecular flexibility index (Phi) is 4.90. The van der Waals surface area contributed by atoms with Crippen LogP contribution in [0.15, 0.2) is 41.1 Å². The van der Waals surface area contributed by atoms with Crippen molar-refractivity contribution in [2.45, 2.75) is 32.6 Å². The lowest BCUT2D eigenvalue weighted by Crippen LogP contribution is -2.40. The van der Waals surface area contributed by atoms with Crippen LogP contribution in [0.1, 0.15) is 35.8 Å². The number of aromatic nitrogens is 3. The van der Waals surface area contributed by atoms with E-state index in [1.165, 1.54) is 11.1 Å². The van der Waals surface area contributed by atoms with Crippen LogP contribution in [0.4, 0.5) is 10.5 Å². The number of amides is 2. The van der Waals surface area contributed by atoms with Gasteiger partial charge in [0.05, 0.1) is 5.69 Å². The van der Waals surface area contributed by atoms with Crippen molar-refractivity contribution in [2.24, 2.45) is 7.05 Å². The molecule has 2 aromatic heterocycles. The number of carbonyl (C=O) groups is 1. The van der Waals surface area contributed by atoms with Gasteiger partial charge in [-0.05, 0) is 62.1 Å². The molecule has 0 saturated carbocycles. The van der Waals surface area contributed by atoms with Crippen molar-refractivity contribution < 1.29 is 9.32 Å². The van der Waals surface area contributed by atoms with Crippen molar-refractivity contribution in [1.29, 1.82) is 0 Å². The first-order chi connectivity index (χ1) is 13.5. The number of nitrogens with one attached hydrogen (secondary N) is 1. The molecule has 0 bridgehead atoms. The summed E-state index contributed by atoms with van der Waals surface area (Å²) in [5.41, 5.74) is 4.15. The molecule has 0 unspecified atom stereocenters. The molecule has 1 aliphatic heterocycles. The topological polar surface area (TPSA) is 76.2 Å². The molecule has 3 heterocycles. The van der Waals surface area contributed by atoms with Gasteiger partial charge in [0, 0.05) is 37.9 Å². The fourth-order valence-corrected chi connectivity index (χ4v) is 3.55. The van der Waals surface area contributed by atoms with Gasteiger partial charge in [0.1, 0.15) is 0 Å². The third-order valence-electron chi connectivity index (χ3n) is 5.50. The van der Waals surface area contributed by atoms with Gasteiger partial charge in [0.2, 0.25) is 11.7 Å². The summed E-state index contributed by atoms with van der Waals surface area (Å²) >= 11 is 0. The molecule has 1 N–H and O–H groups in total. The average molecular weight is 379 g/mol. The number of rotatable bonds is 3. The quantitative estimate of drug-likeness (QED) is 0.743. The van der Waals surface area contributed by atoms with E-state index < -0.39 is 0 Å². The van der Waals surface area contributed by atoms with Crippen LogP contribution in [0.5, 0.6) is 0 Å². The highest BCUT2D eigenvalue weighted by Crippen LogP contribution is 2.29. The molecule has 1 aliphatic rings. The maximum absolute atomic E-state index is 12.6. The molecule has 4 rings (SSSR count). The van der Waals surface area contributed by atoms with Crippen molar-refractivity contribution in [3.05, 3.63) is 53.5 Å².